The minimum absolute atomic E-state index is 0.0448. The molecule has 11 heteroatoms. The maximum atomic E-state index is 13.0. The second-order valence-corrected chi connectivity index (χ2v) is 9.88. The number of nitrogens with zero attached hydrogens (tertiary/aromatic N) is 4. The summed E-state index contributed by atoms with van der Waals surface area (Å²) in [6.45, 7) is 5.77. The number of anilines is 2. The van der Waals surface area contributed by atoms with Gasteiger partial charge in [0, 0.05) is 44.0 Å². The van der Waals surface area contributed by atoms with E-state index in [2.05, 4.69) is 30.9 Å². The van der Waals surface area contributed by atoms with Crippen LogP contribution in [0.5, 0.6) is 5.75 Å². The number of nitro groups is 1. The molecule has 0 spiro atoms. The van der Waals surface area contributed by atoms with E-state index in [9.17, 15) is 23.3 Å². The zero-order valence-electron chi connectivity index (χ0n) is 19.1. The fraction of sp³-hybridized carbons (Fsp3) is 0.409. The highest BCUT2D eigenvalue weighted by atomic mass is 32.2. The lowest BCUT2D eigenvalue weighted by Gasteiger charge is -2.37. The minimum atomic E-state index is -3.92. The number of aryl methyl sites for hydroxylation is 1. The normalized spacial score (nSPS) is 14.2. The molecule has 10 nitrogen and oxygen atoms in total. The van der Waals surface area contributed by atoms with Gasteiger partial charge in [-0.05, 0) is 37.1 Å². The van der Waals surface area contributed by atoms with Crippen molar-refractivity contribution in [2.24, 2.45) is 0 Å². The smallest absolute Gasteiger partial charge is 0.271 e. The maximum absolute atomic E-state index is 13.0. The molecule has 0 radical (unpaired) electrons. The van der Waals surface area contributed by atoms with Crippen molar-refractivity contribution >= 4 is 33.0 Å². The van der Waals surface area contributed by atoms with E-state index in [4.69, 9.17) is 4.74 Å². The Kier molecular flexibility index (Phi) is 7.11. The third kappa shape index (κ3) is 5.36. The summed E-state index contributed by atoms with van der Waals surface area (Å²) < 4.78 is 31.1. The van der Waals surface area contributed by atoms with Crippen molar-refractivity contribution in [3.63, 3.8) is 0 Å². The van der Waals surface area contributed by atoms with Gasteiger partial charge in [0.25, 0.3) is 5.69 Å². The zero-order valence-corrected chi connectivity index (χ0v) is 20.0. The summed E-state index contributed by atoms with van der Waals surface area (Å²) in [6.07, 6.45) is 0.955. The maximum Gasteiger partial charge on any atom is 0.271 e. The quantitative estimate of drug-likeness (QED) is 0.445. The Hall–Kier alpha value is -3.34. The van der Waals surface area contributed by atoms with Gasteiger partial charge in [0.2, 0.25) is 15.9 Å². The molecule has 33 heavy (non-hydrogen) atoms. The Bertz CT molecular complexity index is 1160. The lowest BCUT2D eigenvalue weighted by Crippen LogP contribution is -2.52. The van der Waals surface area contributed by atoms with Crippen LogP contribution >= 0.6 is 0 Å². The minimum Gasteiger partial charge on any atom is -0.495 e. The van der Waals surface area contributed by atoms with Gasteiger partial charge in [-0.1, -0.05) is 12.1 Å². The van der Waals surface area contributed by atoms with Gasteiger partial charge in [-0.3, -0.25) is 19.2 Å². The number of nitro benzene ring substituents is 1. The zero-order chi connectivity index (χ0) is 24.3. The molecule has 2 aromatic rings. The number of amides is 1. The van der Waals surface area contributed by atoms with Gasteiger partial charge in [0.1, 0.15) is 18.0 Å². The third-order valence-electron chi connectivity index (χ3n) is 5.87. The molecule has 2 aromatic carbocycles. The molecule has 1 fully saturated rings. The van der Waals surface area contributed by atoms with Crippen molar-refractivity contribution in [2.45, 2.75) is 13.8 Å². The predicted octanol–water partition coefficient (Wildman–Crippen LogP) is 2.34. The average molecular weight is 477 g/mol. The first-order valence-electron chi connectivity index (χ1n) is 10.4. The largest absolute Gasteiger partial charge is 0.495 e. The third-order valence-corrected chi connectivity index (χ3v) is 7.00. The number of piperazine rings is 1. The Morgan fingerprint density at radius 1 is 1.15 bits per heavy atom. The molecule has 3 rings (SSSR count). The molecule has 0 atom stereocenters. The molecule has 1 aliphatic rings. The standard InChI is InChI=1S/C22H28N4O6S/c1-16-6-5-7-19(17(16)2)23-10-12-24(13-11-23)22(27)15-25(33(4,30)31)20-14-18(26(28)29)8-9-21(20)32-3/h5-9,14H,10-13,15H2,1-4H3. The lowest BCUT2D eigenvalue weighted by atomic mass is 10.1. The van der Waals surface area contributed by atoms with Gasteiger partial charge in [-0.25, -0.2) is 8.42 Å². The predicted molar refractivity (Wildman–Crippen MR) is 127 cm³/mol. The summed E-state index contributed by atoms with van der Waals surface area (Å²) in [5.41, 5.74) is 3.17. The molecule has 0 aromatic heterocycles. The van der Waals surface area contributed by atoms with Crippen molar-refractivity contribution in [3.8, 4) is 5.75 Å². The molecule has 0 bridgehead atoms. The molecule has 1 aliphatic heterocycles. The molecule has 0 aliphatic carbocycles. The van der Waals surface area contributed by atoms with E-state index in [1.165, 1.54) is 30.4 Å². The monoisotopic (exact) mass is 476 g/mol. The number of ether oxygens (including phenoxy) is 1. The number of hydrogen-bond acceptors (Lipinski definition) is 7. The Labute approximate surface area is 193 Å². The number of methoxy groups -OCH3 is 1. The first-order valence-corrected chi connectivity index (χ1v) is 12.3. The van der Waals surface area contributed by atoms with Crippen molar-refractivity contribution in [1.29, 1.82) is 0 Å². The molecule has 0 unspecified atom stereocenters. The van der Waals surface area contributed by atoms with Crippen LogP contribution in [-0.2, 0) is 14.8 Å². The highest BCUT2D eigenvalue weighted by molar-refractivity contribution is 7.92. The summed E-state index contributed by atoms with van der Waals surface area (Å²) in [6, 6.07) is 9.76. The Morgan fingerprint density at radius 2 is 1.82 bits per heavy atom. The molecular weight excluding hydrogens is 448 g/mol. The molecule has 0 N–H and O–H groups in total. The van der Waals surface area contributed by atoms with Crippen LogP contribution < -0.4 is 13.9 Å². The van der Waals surface area contributed by atoms with Gasteiger partial charge in [0.15, 0.2) is 0 Å². The van der Waals surface area contributed by atoms with E-state index >= 15 is 0 Å². The van der Waals surface area contributed by atoms with Crippen LogP contribution in [0.25, 0.3) is 0 Å². The number of hydrogen-bond donors (Lipinski definition) is 0. The fourth-order valence-corrected chi connectivity index (χ4v) is 4.71. The van der Waals surface area contributed by atoms with Gasteiger partial charge < -0.3 is 14.5 Å². The number of rotatable bonds is 7. The van der Waals surface area contributed by atoms with Crippen LogP contribution in [0.15, 0.2) is 36.4 Å². The number of benzene rings is 2. The molecule has 1 heterocycles. The summed E-state index contributed by atoms with van der Waals surface area (Å²) in [5.74, 6) is -0.256. The molecule has 1 saturated heterocycles. The van der Waals surface area contributed by atoms with Crippen LogP contribution in [0.4, 0.5) is 17.1 Å². The summed E-state index contributed by atoms with van der Waals surface area (Å²) in [5, 5.41) is 11.2. The Morgan fingerprint density at radius 3 is 2.39 bits per heavy atom. The first kappa shape index (κ1) is 24.3. The van der Waals surface area contributed by atoms with E-state index in [0.717, 1.165) is 22.3 Å². The highest BCUT2D eigenvalue weighted by Crippen LogP contribution is 2.34. The SMILES string of the molecule is COc1ccc([N+](=O)[O-])cc1N(CC(=O)N1CCN(c2cccc(C)c2C)CC1)S(C)(=O)=O. The van der Waals surface area contributed by atoms with Crippen LogP contribution in [0.1, 0.15) is 11.1 Å². The van der Waals surface area contributed by atoms with Crippen LogP contribution in [-0.4, -0.2) is 70.2 Å². The number of sulfonamides is 1. The van der Waals surface area contributed by atoms with E-state index < -0.39 is 21.5 Å². The topological polar surface area (TPSA) is 113 Å². The number of carbonyl (C=O) groups excluding carboxylic acids is 1. The van der Waals surface area contributed by atoms with E-state index in [0.29, 0.717) is 26.2 Å². The summed E-state index contributed by atoms with van der Waals surface area (Å²) >= 11 is 0. The van der Waals surface area contributed by atoms with Crippen molar-refractivity contribution in [2.75, 3.05) is 55.3 Å². The fourth-order valence-electron chi connectivity index (χ4n) is 3.87. The number of carbonyl (C=O) groups is 1. The second-order valence-electron chi connectivity index (χ2n) is 7.97. The highest BCUT2D eigenvalue weighted by Gasteiger charge is 2.29. The first-order chi connectivity index (χ1) is 15.5. The van der Waals surface area contributed by atoms with Gasteiger partial charge >= 0.3 is 0 Å². The average Bonchev–Trinajstić information content (AvgIpc) is 2.78. The van der Waals surface area contributed by atoms with Gasteiger partial charge in [-0.2, -0.15) is 0 Å². The summed E-state index contributed by atoms with van der Waals surface area (Å²) in [4.78, 5) is 27.4. The van der Waals surface area contributed by atoms with Crippen molar-refractivity contribution in [3.05, 3.63) is 57.6 Å². The van der Waals surface area contributed by atoms with Gasteiger partial charge in [-0.15, -0.1) is 0 Å². The van der Waals surface area contributed by atoms with Crippen LogP contribution in [0.3, 0.4) is 0 Å². The van der Waals surface area contributed by atoms with Crippen molar-refractivity contribution in [1.82, 2.24) is 4.90 Å². The molecule has 178 valence electrons. The van der Waals surface area contributed by atoms with E-state index in [1.54, 1.807) is 4.90 Å². The number of non-ortho nitro benzene ring substituents is 1. The molecule has 1 amide bonds. The van der Waals surface area contributed by atoms with Crippen molar-refractivity contribution < 1.29 is 22.9 Å². The molecule has 0 saturated carbocycles. The van der Waals surface area contributed by atoms with Crippen LogP contribution in [0, 0.1) is 24.0 Å². The van der Waals surface area contributed by atoms with Gasteiger partial charge in [0.05, 0.1) is 18.3 Å². The molecular formula is C22H28N4O6S. The Balaban J connectivity index is 1.78. The van der Waals surface area contributed by atoms with E-state index in [1.807, 2.05) is 6.07 Å². The summed E-state index contributed by atoms with van der Waals surface area (Å²) in [7, 11) is -2.59. The lowest BCUT2D eigenvalue weighted by molar-refractivity contribution is -0.384. The van der Waals surface area contributed by atoms with E-state index in [-0.39, 0.29) is 23.0 Å². The van der Waals surface area contributed by atoms with Crippen LogP contribution in [0.2, 0.25) is 0 Å². The second kappa shape index (κ2) is 9.65.